The number of fused-ring (bicyclic) bond motifs is 4. The molecule has 0 aromatic heterocycles. The fourth-order valence-corrected chi connectivity index (χ4v) is 10.7. The number of carbonyl (C=O) groups is 2. The second kappa shape index (κ2) is 9.98. The zero-order valence-electron chi connectivity index (χ0n) is 25.9. The van der Waals surface area contributed by atoms with Gasteiger partial charge in [0.25, 0.3) is 5.91 Å². The number of hydrogen-bond donors (Lipinski definition) is 3. The standard InChI is InChI=1S/C36H44N2O6/c1-22-14-15-28-33(2,17-16-29(40)34(28,3)21-39)26(22)18-23-19-37(4)36(35(23)30(41)20-44-32(35)43)25-12-8-9-13-27(25)38(31(36)42)24-10-6-5-7-11-24/h5-13,23,26,28-30,39-41H,1,14-21H2,2-4H3/t23?,26-,28+,29-,30-,33+,34+,35-,36+/m1/s1. The summed E-state index contributed by atoms with van der Waals surface area (Å²) < 4.78 is 5.71. The van der Waals surface area contributed by atoms with E-state index in [2.05, 4.69) is 13.5 Å². The van der Waals surface area contributed by atoms with Crippen LogP contribution in [0.25, 0.3) is 0 Å². The highest BCUT2D eigenvalue weighted by Crippen LogP contribution is 2.68. The fraction of sp³-hybridized carbons (Fsp3) is 0.556. The molecule has 8 nitrogen and oxygen atoms in total. The van der Waals surface area contributed by atoms with Gasteiger partial charge in [-0.25, -0.2) is 0 Å². The molecule has 2 spiro atoms. The van der Waals surface area contributed by atoms with Crippen LogP contribution in [0.1, 0.15) is 51.5 Å². The first-order valence-electron chi connectivity index (χ1n) is 16.0. The molecule has 2 aliphatic carbocycles. The van der Waals surface area contributed by atoms with Gasteiger partial charge in [0.1, 0.15) is 23.7 Å². The quantitative estimate of drug-likeness (QED) is 0.357. The van der Waals surface area contributed by atoms with Crippen LogP contribution < -0.4 is 4.90 Å². The molecule has 7 rings (SSSR count). The molecule has 8 heteroatoms. The van der Waals surface area contributed by atoms with E-state index in [9.17, 15) is 20.1 Å². The maximum Gasteiger partial charge on any atom is 0.318 e. The summed E-state index contributed by atoms with van der Waals surface area (Å²) in [6.07, 6.45) is 1.72. The number of esters is 1. The average molecular weight is 601 g/mol. The zero-order valence-corrected chi connectivity index (χ0v) is 25.9. The smallest absolute Gasteiger partial charge is 0.318 e. The number of aliphatic hydroxyl groups is 3. The zero-order chi connectivity index (χ0) is 31.2. The largest absolute Gasteiger partial charge is 0.462 e. The second-order valence-electron chi connectivity index (χ2n) is 14.5. The first-order valence-corrected chi connectivity index (χ1v) is 16.0. The van der Waals surface area contributed by atoms with Gasteiger partial charge in [-0.15, -0.1) is 0 Å². The minimum absolute atomic E-state index is 0.0253. The van der Waals surface area contributed by atoms with E-state index in [0.29, 0.717) is 36.3 Å². The van der Waals surface area contributed by atoms with Crippen molar-refractivity contribution in [3.63, 3.8) is 0 Å². The van der Waals surface area contributed by atoms with Crippen molar-refractivity contribution in [2.24, 2.45) is 34.0 Å². The Balaban J connectivity index is 1.38. The SMILES string of the molecule is C=C1CC[C@@H]2[C@](C)(CO)[C@H](O)CC[C@@]2(C)[C@@H]1CC1CN(C)[C@@]2(C(=O)N(c3ccccc3)c3ccccc32)[C@]12C(=O)OC[C@H]2O. The first kappa shape index (κ1) is 29.7. The van der Waals surface area contributed by atoms with E-state index in [0.717, 1.165) is 24.8 Å². The number of cyclic esters (lactones) is 1. The summed E-state index contributed by atoms with van der Waals surface area (Å²) in [5.41, 5.74) is -0.693. The molecule has 2 saturated heterocycles. The van der Waals surface area contributed by atoms with Gasteiger partial charge in [0.05, 0.1) is 18.4 Å². The van der Waals surface area contributed by atoms with Crippen molar-refractivity contribution in [1.29, 1.82) is 0 Å². The molecule has 9 atom stereocenters. The third-order valence-corrected chi connectivity index (χ3v) is 12.8. The van der Waals surface area contributed by atoms with Crippen LogP contribution in [-0.2, 0) is 19.9 Å². The molecule has 2 aromatic carbocycles. The number of ether oxygens (including phenoxy) is 1. The lowest BCUT2D eigenvalue weighted by Crippen LogP contribution is -2.63. The lowest BCUT2D eigenvalue weighted by atomic mass is 9.45. The van der Waals surface area contributed by atoms with Gasteiger partial charge >= 0.3 is 5.97 Å². The van der Waals surface area contributed by atoms with Crippen LogP contribution in [0.3, 0.4) is 0 Å². The fourth-order valence-electron chi connectivity index (χ4n) is 10.7. The number of likely N-dealkylation sites (tertiary alicyclic amines) is 1. The minimum atomic E-state index is -1.53. The van der Waals surface area contributed by atoms with Crippen LogP contribution >= 0.6 is 0 Å². The molecule has 4 fully saturated rings. The van der Waals surface area contributed by atoms with Gasteiger partial charge in [0.15, 0.2) is 0 Å². The van der Waals surface area contributed by atoms with Crippen molar-refractivity contribution in [3.8, 4) is 0 Å². The molecular formula is C36H44N2O6. The Morgan fingerprint density at radius 1 is 1.00 bits per heavy atom. The van der Waals surface area contributed by atoms with E-state index in [1.54, 1.807) is 4.90 Å². The second-order valence-corrected chi connectivity index (χ2v) is 14.5. The summed E-state index contributed by atoms with van der Waals surface area (Å²) in [6, 6.07) is 17.1. The first-order chi connectivity index (χ1) is 21.0. The van der Waals surface area contributed by atoms with Gasteiger partial charge < -0.3 is 20.1 Å². The maximum absolute atomic E-state index is 15.1. The number of carbonyl (C=O) groups excluding carboxylic acids is 2. The lowest BCUT2D eigenvalue weighted by molar-refractivity contribution is -0.166. The van der Waals surface area contributed by atoms with Crippen molar-refractivity contribution >= 4 is 23.3 Å². The Hall–Kier alpha value is -3.04. The van der Waals surface area contributed by atoms with Gasteiger partial charge in [0, 0.05) is 23.2 Å². The van der Waals surface area contributed by atoms with E-state index >= 15 is 4.79 Å². The number of likely N-dealkylation sites (N-methyl/N-ethyl adjacent to an activating group) is 1. The molecule has 234 valence electrons. The molecular weight excluding hydrogens is 556 g/mol. The molecule has 3 aliphatic heterocycles. The third kappa shape index (κ3) is 3.43. The van der Waals surface area contributed by atoms with Crippen molar-refractivity contribution in [2.45, 2.75) is 63.7 Å². The van der Waals surface area contributed by atoms with Crippen LogP contribution in [0.4, 0.5) is 11.4 Å². The molecule has 0 radical (unpaired) electrons. The monoisotopic (exact) mass is 600 g/mol. The number of para-hydroxylation sites is 2. The number of rotatable bonds is 4. The highest BCUT2D eigenvalue weighted by Gasteiger charge is 2.80. The molecule has 2 aromatic rings. The van der Waals surface area contributed by atoms with Gasteiger partial charge in [0.2, 0.25) is 0 Å². The van der Waals surface area contributed by atoms with Crippen molar-refractivity contribution < 1.29 is 29.6 Å². The number of anilines is 2. The summed E-state index contributed by atoms with van der Waals surface area (Å²) in [5, 5.41) is 33.6. The molecule has 1 unspecified atom stereocenters. The summed E-state index contributed by atoms with van der Waals surface area (Å²) in [4.78, 5) is 33.1. The Morgan fingerprint density at radius 3 is 2.39 bits per heavy atom. The molecule has 5 aliphatic rings. The number of amides is 1. The highest BCUT2D eigenvalue weighted by molar-refractivity contribution is 6.16. The molecule has 44 heavy (non-hydrogen) atoms. The third-order valence-electron chi connectivity index (χ3n) is 12.8. The van der Waals surface area contributed by atoms with E-state index in [-0.39, 0.29) is 36.4 Å². The Labute approximate surface area is 259 Å². The van der Waals surface area contributed by atoms with Crippen LogP contribution in [0.5, 0.6) is 0 Å². The number of aliphatic hydroxyl groups excluding tert-OH is 3. The Morgan fingerprint density at radius 2 is 1.70 bits per heavy atom. The van der Waals surface area contributed by atoms with Crippen molar-refractivity contribution in [1.82, 2.24) is 4.90 Å². The minimum Gasteiger partial charge on any atom is -0.462 e. The molecule has 2 saturated carbocycles. The number of nitrogens with zero attached hydrogens (tertiary/aromatic N) is 2. The molecule has 3 N–H and O–H groups in total. The van der Waals surface area contributed by atoms with Gasteiger partial charge in [-0.1, -0.05) is 62.4 Å². The van der Waals surface area contributed by atoms with E-state index in [4.69, 9.17) is 4.74 Å². The maximum atomic E-state index is 15.1. The summed E-state index contributed by atoms with van der Waals surface area (Å²) in [5.74, 6) is -1.16. The molecule has 3 heterocycles. The summed E-state index contributed by atoms with van der Waals surface area (Å²) >= 11 is 0. The Bertz CT molecular complexity index is 1510. The predicted molar refractivity (Wildman–Crippen MR) is 166 cm³/mol. The van der Waals surface area contributed by atoms with Gasteiger partial charge in [-0.3, -0.25) is 19.4 Å². The predicted octanol–water partition coefficient (Wildman–Crippen LogP) is 4.16. The van der Waals surface area contributed by atoms with Crippen LogP contribution in [0.15, 0.2) is 66.7 Å². The van der Waals surface area contributed by atoms with Gasteiger partial charge in [-0.05, 0) is 80.5 Å². The Kier molecular flexibility index (Phi) is 6.73. The average Bonchev–Trinajstić information content (AvgIpc) is 3.57. The summed E-state index contributed by atoms with van der Waals surface area (Å²) in [6.45, 7) is 8.94. The van der Waals surface area contributed by atoms with Crippen LogP contribution in [-0.4, -0.2) is 71.1 Å². The highest BCUT2D eigenvalue weighted by atomic mass is 16.6. The van der Waals surface area contributed by atoms with Crippen LogP contribution in [0.2, 0.25) is 0 Å². The molecule has 0 bridgehead atoms. The van der Waals surface area contributed by atoms with Crippen molar-refractivity contribution in [2.75, 3.05) is 31.7 Å². The van der Waals surface area contributed by atoms with Crippen molar-refractivity contribution in [3.05, 3.63) is 72.3 Å². The van der Waals surface area contributed by atoms with E-state index in [1.807, 2.05) is 73.5 Å². The lowest BCUT2D eigenvalue weighted by Gasteiger charge is -2.60. The van der Waals surface area contributed by atoms with Crippen LogP contribution in [0, 0.1) is 34.0 Å². The topological polar surface area (TPSA) is 111 Å². The van der Waals surface area contributed by atoms with E-state index < -0.39 is 40.5 Å². The van der Waals surface area contributed by atoms with E-state index in [1.165, 1.54) is 0 Å². The number of allylic oxidation sites excluding steroid dienone is 1. The number of hydrogen-bond acceptors (Lipinski definition) is 7. The summed E-state index contributed by atoms with van der Waals surface area (Å²) in [7, 11) is 1.89. The van der Waals surface area contributed by atoms with Gasteiger partial charge in [-0.2, -0.15) is 0 Å². The number of benzene rings is 2. The normalized spacial score (nSPS) is 41.8. The molecule has 1 amide bonds.